The van der Waals surface area contributed by atoms with Crippen LogP contribution in [0.2, 0.25) is 0 Å². The number of pyridine rings is 1. The summed E-state index contributed by atoms with van der Waals surface area (Å²) in [6, 6.07) is 10.1. The number of amides is 1. The molecule has 2 aromatic carbocycles. The van der Waals surface area contributed by atoms with Crippen molar-refractivity contribution in [3.63, 3.8) is 0 Å². The summed E-state index contributed by atoms with van der Waals surface area (Å²) >= 11 is 0. The first-order valence-corrected chi connectivity index (χ1v) is 10.4. The highest BCUT2D eigenvalue weighted by atomic mass is 19.2. The standard InChI is InChI=1S/C24H21F4N3O2/c25-16(13-32)12-31(24(33)18-2-1-3-21-17(18)5-7-29-21)22-11-14(4-6-30-22)8-15-9-19(26)23(28)20(27)10-15/h1-4,6,9-11,16,29,32H,5,7-8,12-13H2/t16-/m1/s1. The molecule has 172 valence electrons. The van der Waals surface area contributed by atoms with Crippen molar-refractivity contribution in [2.75, 3.05) is 29.9 Å². The van der Waals surface area contributed by atoms with Crippen LogP contribution >= 0.6 is 0 Å². The zero-order valence-corrected chi connectivity index (χ0v) is 17.5. The summed E-state index contributed by atoms with van der Waals surface area (Å²) in [5, 5.41) is 12.4. The molecule has 1 atom stereocenters. The maximum atomic E-state index is 14.2. The van der Waals surface area contributed by atoms with Crippen molar-refractivity contribution in [2.45, 2.75) is 19.0 Å². The van der Waals surface area contributed by atoms with Crippen LogP contribution in [-0.2, 0) is 12.8 Å². The van der Waals surface area contributed by atoms with Gasteiger partial charge >= 0.3 is 0 Å². The number of aliphatic hydroxyl groups excluding tert-OH is 1. The lowest BCUT2D eigenvalue weighted by Crippen LogP contribution is -2.38. The predicted octanol–water partition coefficient (Wildman–Crippen LogP) is 4.03. The molecule has 1 aliphatic heterocycles. The molecule has 1 amide bonds. The number of benzene rings is 2. The van der Waals surface area contributed by atoms with E-state index in [4.69, 9.17) is 0 Å². The average Bonchev–Trinajstić information content (AvgIpc) is 3.29. The number of halogens is 4. The maximum absolute atomic E-state index is 14.2. The van der Waals surface area contributed by atoms with Gasteiger partial charge in [0.2, 0.25) is 0 Å². The topological polar surface area (TPSA) is 65.5 Å². The largest absolute Gasteiger partial charge is 0.393 e. The zero-order chi connectivity index (χ0) is 23.5. The van der Waals surface area contributed by atoms with Crippen LogP contribution < -0.4 is 10.2 Å². The van der Waals surface area contributed by atoms with Crippen LogP contribution in [0, 0.1) is 17.5 Å². The highest BCUT2D eigenvalue weighted by Gasteiger charge is 2.27. The van der Waals surface area contributed by atoms with Gasteiger partial charge in [0.05, 0.1) is 13.2 Å². The first kappa shape index (κ1) is 22.7. The monoisotopic (exact) mass is 459 g/mol. The molecule has 9 heteroatoms. The number of hydrogen-bond acceptors (Lipinski definition) is 4. The molecule has 3 aromatic rings. The average molecular weight is 459 g/mol. The molecule has 2 N–H and O–H groups in total. The number of aromatic nitrogens is 1. The van der Waals surface area contributed by atoms with Crippen molar-refractivity contribution in [3.05, 3.63) is 88.4 Å². The summed E-state index contributed by atoms with van der Waals surface area (Å²) in [4.78, 5) is 18.8. The molecule has 2 heterocycles. The van der Waals surface area contributed by atoms with Gasteiger partial charge in [0.25, 0.3) is 5.91 Å². The highest BCUT2D eigenvalue weighted by Crippen LogP contribution is 2.28. The molecule has 0 bridgehead atoms. The normalized spacial score (nSPS) is 13.4. The smallest absolute Gasteiger partial charge is 0.259 e. The van der Waals surface area contributed by atoms with E-state index in [0.717, 1.165) is 28.3 Å². The Bertz CT molecular complexity index is 1170. The van der Waals surface area contributed by atoms with Crippen LogP contribution in [0.25, 0.3) is 0 Å². The molecule has 0 saturated heterocycles. The second-order valence-electron chi connectivity index (χ2n) is 7.78. The van der Waals surface area contributed by atoms with Crippen molar-refractivity contribution < 1.29 is 27.5 Å². The van der Waals surface area contributed by atoms with E-state index < -0.39 is 42.7 Å². The number of carbonyl (C=O) groups excluding carboxylic acids is 1. The summed E-state index contributed by atoms with van der Waals surface area (Å²) in [5.74, 6) is -4.50. The molecule has 0 fully saturated rings. The minimum Gasteiger partial charge on any atom is -0.393 e. The molecule has 0 unspecified atom stereocenters. The fourth-order valence-electron chi connectivity index (χ4n) is 3.89. The van der Waals surface area contributed by atoms with Gasteiger partial charge in [-0.05, 0) is 65.9 Å². The van der Waals surface area contributed by atoms with Crippen molar-refractivity contribution in [1.82, 2.24) is 4.98 Å². The molecule has 0 radical (unpaired) electrons. The minimum atomic E-state index is -1.70. The van der Waals surface area contributed by atoms with E-state index in [1.807, 2.05) is 6.07 Å². The highest BCUT2D eigenvalue weighted by molar-refractivity contribution is 6.07. The maximum Gasteiger partial charge on any atom is 0.259 e. The van der Waals surface area contributed by atoms with Crippen LogP contribution in [0.3, 0.4) is 0 Å². The number of rotatable bonds is 7. The SMILES string of the molecule is O=C(c1cccc2c1CCN2)N(C[C@@H](F)CO)c1cc(Cc2cc(F)c(F)c(F)c2)ccn1. The van der Waals surface area contributed by atoms with Gasteiger partial charge in [-0.3, -0.25) is 9.69 Å². The summed E-state index contributed by atoms with van der Waals surface area (Å²) in [5.41, 5.74) is 2.77. The molecule has 4 rings (SSSR count). The number of nitrogens with one attached hydrogen (secondary N) is 1. The summed E-state index contributed by atoms with van der Waals surface area (Å²) in [6.45, 7) is -0.519. The number of carbonyl (C=O) groups is 1. The predicted molar refractivity (Wildman–Crippen MR) is 116 cm³/mol. The molecule has 1 aromatic heterocycles. The van der Waals surface area contributed by atoms with Gasteiger partial charge in [-0.1, -0.05) is 6.07 Å². The number of nitrogens with zero attached hydrogens (tertiary/aromatic N) is 2. The van der Waals surface area contributed by atoms with Crippen LogP contribution in [0.1, 0.15) is 27.0 Å². The van der Waals surface area contributed by atoms with E-state index in [1.165, 1.54) is 12.3 Å². The molecular formula is C24H21F4N3O2. The fourth-order valence-corrected chi connectivity index (χ4v) is 3.89. The third kappa shape index (κ3) is 4.83. The molecule has 1 aliphatic rings. The zero-order valence-electron chi connectivity index (χ0n) is 17.5. The third-order valence-electron chi connectivity index (χ3n) is 5.46. The summed E-state index contributed by atoms with van der Waals surface area (Å²) in [6.07, 6.45) is 0.369. The number of hydrogen-bond donors (Lipinski definition) is 2. The quantitative estimate of drug-likeness (QED) is 0.414. The molecule has 5 nitrogen and oxygen atoms in total. The molecule has 0 spiro atoms. The third-order valence-corrected chi connectivity index (χ3v) is 5.46. The van der Waals surface area contributed by atoms with E-state index in [9.17, 15) is 27.5 Å². The number of alkyl halides is 1. The summed E-state index contributed by atoms with van der Waals surface area (Å²) < 4.78 is 54.6. The van der Waals surface area contributed by atoms with E-state index in [2.05, 4.69) is 10.3 Å². The molecule has 0 saturated carbocycles. The lowest BCUT2D eigenvalue weighted by Gasteiger charge is -2.24. The second kappa shape index (κ2) is 9.58. The Kier molecular flexibility index (Phi) is 6.60. The first-order chi connectivity index (χ1) is 15.9. The molecular weight excluding hydrogens is 438 g/mol. The lowest BCUT2D eigenvalue weighted by molar-refractivity contribution is 0.0968. The van der Waals surface area contributed by atoms with Gasteiger partial charge in [0, 0.05) is 24.0 Å². The van der Waals surface area contributed by atoms with Crippen LogP contribution in [0.5, 0.6) is 0 Å². The van der Waals surface area contributed by atoms with Gasteiger partial charge in [0.15, 0.2) is 17.5 Å². The Labute approximate surface area is 187 Å². The number of aliphatic hydroxyl groups is 1. The van der Waals surface area contributed by atoms with Crippen molar-refractivity contribution in [3.8, 4) is 0 Å². The van der Waals surface area contributed by atoms with Crippen LogP contribution in [0.4, 0.5) is 29.1 Å². The Hall–Kier alpha value is -3.46. The van der Waals surface area contributed by atoms with Crippen molar-refractivity contribution in [1.29, 1.82) is 0 Å². The fraction of sp³-hybridized carbons (Fsp3) is 0.250. The number of fused-ring (bicyclic) bond motifs is 1. The van der Waals surface area contributed by atoms with Gasteiger partial charge in [0.1, 0.15) is 12.0 Å². The Morgan fingerprint density at radius 2 is 1.88 bits per heavy atom. The minimum absolute atomic E-state index is 0.0371. The van der Waals surface area contributed by atoms with Gasteiger partial charge in [-0.15, -0.1) is 0 Å². The first-order valence-electron chi connectivity index (χ1n) is 10.4. The van der Waals surface area contributed by atoms with E-state index >= 15 is 0 Å². The summed E-state index contributed by atoms with van der Waals surface area (Å²) in [7, 11) is 0. The molecule has 33 heavy (non-hydrogen) atoms. The van der Waals surface area contributed by atoms with E-state index in [1.54, 1.807) is 18.2 Å². The van der Waals surface area contributed by atoms with Gasteiger partial charge in [-0.25, -0.2) is 22.5 Å². The lowest BCUT2D eigenvalue weighted by atomic mass is 10.0. The van der Waals surface area contributed by atoms with Crippen molar-refractivity contribution >= 4 is 17.4 Å². The Balaban J connectivity index is 1.67. The van der Waals surface area contributed by atoms with Gasteiger partial charge in [-0.2, -0.15) is 0 Å². The Morgan fingerprint density at radius 1 is 1.12 bits per heavy atom. The Morgan fingerprint density at radius 3 is 2.61 bits per heavy atom. The number of anilines is 2. The van der Waals surface area contributed by atoms with Crippen LogP contribution in [-0.4, -0.2) is 41.9 Å². The van der Waals surface area contributed by atoms with Crippen molar-refractivity contribution in [2.24, 2.45) is 0 Å². The van der Waals surface area contributed by atoms with Crippen LogP contribution in [0.15, 0.2) is 48.7 Å². The molecule has 0 aliphatic carbocycles. The van der Waals surface area contributed by atoms with Gasteiger partial charge < -0.3 is 10.4 Å². The van der Waals surface area contributed by atoms with E-state index in [-0.39, 0.29) is 17.8 Å². The van der Waals surface area contributed by atoms with E-state index in [0.29, 0.717) is 24.1 Å². The second-order valence-corrected chi connectivity index (χ2v) is 7.78.